The molecule has 0 unspecified atom stereocenters. The zero-order chi connectivity index (χ0) is 13.0. The first-order valence-electron chi connectivity index (χ1n) is 5.38. The molecule has 1 amide bonds. The number of amides is 1. The summed E-state index contributed by atoms with van der Waals surface area (Å²) in [5.74, 6) is -1.36. The Morgan fingerprint density at radius 3 is 3.00 bits per heavy atom. The minimum absolute atomic E-state index is 0.0282. The van der Waals surface area contributed by atoms with Crippen molar-refractivity contribution >= 4 is 11.7 Å². The smallest absolute Gasteiger partial charge is 0.296 e. The number of furan rings is 1. The second-order valence-electron chi connectivity index (χ2n) is 3.80. The maximum atomic E-state index is 11.6. The van der Waals surface area contributed by atoms with Gasteiger partial charge in [-0.15, -0.1) is 0 Å². The molecule has 0 aromatic carbocycles. The van der Waals surface area contributed by atoms with E-state index in [0.29, 0.717) is 6.54 Å². The predicted molar refractivity (Wildman–Crippen MR) is 60.7 cm³/mol. The van der Waals surface area contributed by atoms with E-state index >= 15 is 0 Å². The second kappa shape index (κ2) is 5.26. The summed E-state index contributed by atoms with van der Waals surface area (Å²) in [6.07, 6.45) is 4.29. The highest BCUT2D eigenvalue weighted by molar-refractivity contribution is 6.42. The first-order valence-corrected chi connectivity index (χ1v) is 5.38. The van der Waals surface area contributed by atoms with Crippen molar-refractivity contribution < 1.29 is 14.0 Å². The Kier molecular flexibility index (Phi) is 3.52. The molecule has 0 aliphatic rings. The highest BCUT2D eigenvalue weighted by Gasteiger charge is 2.20. The van der Waals surface area contributed by atoms with Crippen LogP contribution in [0.15, 0.2) is 35.5 Å². The lowest BCUT2D eigenvalue weighted by molar-refractivity contribution is -0.117. The van der Waals surface area contributed by atoms with Crippen LogP contribution in [0.1, 0.15) is 17.5 Å². The van der Waals surface area contributed by atoms with E-state index in [1.54, 1.807) is 17.7 Å². The van der Waals surface area contributed by atoms with E-state index < -0.39 is 11.7 Å². The SMILES string of the molecule is C[C@@H](Cn1cncn1)NC(=O)C(=O)c1ccco1. The lowest BCUT2D eigenvalue weighted by Gasteiger charge is -2.12. The second-order valence-corrected chi connectivity index (χ2v) is 3.80. The number of nitrogens with zero attached hydrogens (tertiary/aromatic N) is 3. The molecule has 2 rings (SSSR count). The van der Waals surface area contributed by atoms with Gasteiger partial charge in [0.25, 0.3) is 11.7 Å². The maximum Gasteiger partial charge on any atom is 0.296 e. The molecule has 0 fully saturated rings. The molecule has 2 heterocycles. The molecule has 1 atom stereocenters. The summed E-state index contributed by atoms with van der Waals surface area (Å²) in [6, 6.07) is 2.77. The Bertz CT molecular complexity index is 518. The van der Waals surface area contributed by atoms with Crippen LogP contribution >= 0.6 is 0 Å². The normalized spacial score (nSPS) is 12.1. The molecule has 1 N–H and O–H groups in total. The van der Waals surface area contributed by atoms with Crippen LogP contribution in [0.3, 0.4) is 0 Å². The number of carbonyl (C=O) groups excluding carboxylic acids is 2. The van der Waals surface area contributed by atoms with E-state index in [1.165, 1.54) is 25.0 Å². The summed E-state index contributed by atoms with van der Waals surface area (Å²) < 4.78 is 6.44. The van der Waals surface area contributed by atoms with Gasteiger partial charge in [0.1, 0.15) is 12.7 Å². The van der Waals surface area contributed by atoms with Crippen LogP contribution in [0, 0.1) is 0 Å². The lowest BCUT2D eigenvalue weighted by atomic mass is 10.2. The number of carbonyl (C=O) groups is 2. The summed E-state index contributed by atoms with van der Waals surface area (Å²) in [5.41, 5.74) is 0. The molecule has 2 aromatic heterocycles. The molecule has 7 nitrogen and oxygen atoms in total. The van der Waals surface area contributed by atoms with Gasteiger partial charge < -0.3 is 9.73 Å². The quantitative estimate of drug-likeness (QED) is 0.605. The summed E-state index contributed by atoms with van der Waals surface area (Å²) in [4.78, 5) is 27.0. The third kappa shape index (κ3) is 2.82. The van der Waals surface area contributed by atoms with Crippen molar-refractivity contribution in [3.8, 4) is 0 Å². The molecule has 18 heavy (non-hydrogen) atoms. The van der Waals surface area contributed by atoms with Gasteiger partial charge in [-0.1, -0.05) is 0 Å². The molecular weight excluding hydrogens is 236 g/mol. The van der Waals surface area contributed by atoms with Crippen molar-refractivity contribution in [2.24, 2.45) is 0 Å². The number of rotatable bonds is 5. The Balaban J connectivity index is 1.89. The largest absolute Gasteiger partial charge is 0.461 e. The van der Waals surface area contributed by atoms with E-state index in [4.69, 9.17) is 4.42 Å². The van der Waals surface area contributed by atoms with E-state index in [1.807, 2.05) is 0 Å². The number of Topliss-reactive ketones (excluding diaryl/α,β-unsaturated/α-hetero) is 1. The Morgan fingerprint density at radius 2 is 2.39 bits per heavy atom. The lowest BCUT2D eigenvalue weighted by Crippen LogP contribution is -2.39. The zero-order valence-electron chi connectivity index (χ0n) is 9.74. The number of hydrogen-bond acceptors (Lipinski definition) is 5. The van der Waals surface area contributed by atoms with Gasteiger partial charge >= 0.3 is 0 Å². The minimum Gasteiger partial charge on any atom is -0.461 e. The van der Waals surface area contributed by atoms with Crippen LogP contribution in [0.4, 0.5) is 0 Å². The van der Waals surface area contributed by atoms with E-state index in [-0.39, 0.29) is 11.8 Å². The van der Waals surface area contributed by atoms with Gasteiger partial charge in [0, 0.05) is 6.04 Å². The van der Waals surface area contributed by atoms with Crippen LogP contribution in [-0.4, -0.2) is 32.5 Å². The van der Waals surface area contributed by atoms with Crippen molar-refractivity contribution in [3.05, 3.63) is 36.8 Å². The third-order valence-corrected chi connectivity index (χ3v) is 2.26. The Labute approximate surface area is 103 Å². The van der Waals surface area contributed by atoms with Gasteiger partial charge in [-0.25, -0.2) is 4.98 Å². The molecule has 94 valence electrons. The van der Waals surface area contributed by atoms with Gasteiger partial charge in [-0.05, 0) is 19.1 Å². The fraction of sp³-hybridized carbons (Fsp3) is 0.273. The van der Waals surface area contributed by atoms with Crippen molar-refractivity contribution in [1.82, 2.24) is 20.1 Å². The summed E-state index contributed by atoms with van der Waals surface area (Å²) in [7, 11) is 0. The highest BCUT2D eigenvalue weighted by atomic mass is 16.3. The first kappa shape index (κ1) is 12.0. The van der Waals surface area contributed by atoms with Crippen LogP contribution in [-0.2, 0) is 11.3 Å². The van der Waals surface area contributed by atoms with E-state index in [2.05, 4.69) is 15.4 Å². The number of ketones is 1. The van der Waals surface area contributed by atoms with Crippen LogP contribution in [0.5, 0.6) is 0 Å². The van der Waals surface area contributed by atoms with Gasteiger partial charge in [-0.2, -0.15) is 5.10 Å². The topological polar surface area (TPSA) is 90.0 Å². The minimum atomic E-state index is -0.697. The third-order valence-electron chi connectivity index (χ3n) is 2.26. The molecule has 0 saturated heterocycles. The van der Waals surface area contributed by atoms with E-state index in [0.717, 1.165) is 0 Å². The predicted octanol–water partition coefficient (Wildman–Crippen LogP) is 0.259. The molecule has 0 radical (unpaired) electrons. The first-order chi connectivity index (χ1) is 8.66. The Morgan fingerprint density at radius 1 is 1.56 bits per heavy atom. The fourth-order valence-electron chi connectivity index (χ4n) is 1.46. The maximum absolute atomic E-state index is 11.6. The van der Waals surface area contributed by atoms with Crippen molar-refractivity contribution in [2.45, 2.75) is 19.5 Å². The van der Waals surface area contributed by atoms with E-state index in [9.17, 15) is 9.59 Å². The monoisotopic (exact) mass is 248 g/mol. The van der Waals surface area contributed by atoms with Crippen molar-refractivity contribution in [1.29, 1.82) is 0 Å². The van der Waals surface area contributed by atoms with Crippen molar-refractivity contribution in [2.75, 3.05) is 0 Å². The van der Waals surface area contributed by atoms with Gasteiger partial charge in [-0.3, -0.25) is 14.3 Å². The molecule has 0 spiro atoms. The van der Waals surface area contributed by atoms with Gasteiger partial charge in [0.2, 0.25) is 0 Å². The number of hydrogen-bond donors (Lipinski definition) is 1. The summed E-state index contributed by atoms with van der Waals surface area (Å²) >= 11 is 0. The summed E-state index contributed by atoms with van der Waals surface area (Å²) in [5, 5.41) is 6.48. The van der Waals surface area contributed by atoms with Gasteiger partial charge in [0.05, 0.1) is 12.8 Å². The van der Waals surface area contributed by atoms with Crippen LogP contribution in [0.2, 0.25) is 0 Å². The fourth-order valence-corrected chi connectivity index (χ4v) is 1.46. The molecule has 0 bridgehead atoms. The van der Waals surface area contributed by atoms with Crippen LogP contribution in [0.25, 0.3) is 0 Å². The molecule has 2 aromatic rings. The molecule has 7 heteroatoms. The average Bonchev–Trinajstić information content (AvgIpc) is 2.99. The summed E-state index contributed by atoms with van der Waals surface area (Å²) in [6.45, 7) is 2.21. The molecular formula is C11H12N4O3. The number of aromatic nitrogens is 3. The zero-order valence-corrected chi connectivity index (χ0v) is 9.74. The average molecular weight is 248 g/mol. The van der Waals surface area contributed by atoms with Crippen LogP contribution < -0.4 is 5.32 Å². The molecule has 0 saturated carbocycles. The molecule has 0 aliphatic heterocycles. The van der Waals surface area contributed by atoms with Crippen molar-refractivity contribution in [3.63, 3.8) is 0 Å². The standard InChI is InChI=1S/C11H12N4O3/c1-8(5-15-7-12-6-13-15)14-11(17)10(16)9-3-2-4-18-9/h2-4,6-8H,5H2,1H3,(H,14,17)/t8-/m0/s1. The Hall–Kier alpha value is -2.44. The highest BCUT2D eigenvalue weighted by Crippen LogP contribution is 2.01. The number of nitrogens with one attached hydrogen (secondary N) is 1. The van der Waals surface area contributed by atoms with Gasteiger partial charge in [0.15, 0.2) is 5.76 Å². The molecule has 0 aliphatic carbocycles.